The number of anilines is 1. The highest BCUT2D eigenvalue weighted by molar-refractivity contribution is 6.32. The van der Waals surface area contributed by atoms with Crippen molar-refractivity contribution < 1.29 is 4.74 Å². The first-order valence-electron chi connectivity index (χ1n) is 5.23. The number of nitrogens with zero attached hydrogens (tertiary/aromatic N) is 2. The van der Waals surface area contributed by atoms with Gasteiger partial charge in [0.1, 0.15) is 5.02 Å². The van der Waals surface area contributed by atoms with Crippen LogP contribution in [0.25, 0.3) is 0 Å². The van der Waals surface area contributed by atoms with Gasteiger partial charge in [0, 0.05) is 13.7 Å². The number of hydrogen-bond acceptors (Lipinski definition) is 4. The van der Waals surface area contributed by atoms with Gasteiger partial charge in [-0.15, -0.1) is 6.58 Å². The lowest BCUT2D eigenvalue weighted by molar-refractivity contribution is 0.129. The lowest BCUT2D eigenvalue weighted by Gasteiger charge is -2.13. The van der Waals surface area contributed by atoms with Gasteiger partial charge in [-0.05, 0) is 6.92 Å². The summed E-state index contributed by atoms with van der Waals surface area (Å²) in [5.74, 6) is 0. The average Bonchev–Trinajstić information content (AvgIpc) is 2.34. The summed E-state index contributed by atoms with van der Waals surface area (Å²) in [6.45, 7) is 6.35. The van der Waals surface area contributed by atoms with Crippen molar-refractivity contribution in [1.29, 1.82) is 0 Å². The van der Waals surface area contributed by atoms with Crippen LogP contribution in [0.5, 0.6) is 0 Å². The molecule has 1 aromatic rings. The van der Waals surface area contributed by atoms with Gasteiger partial charge in [-0.3, -0.25) is 4.79 Å². The average molecular weight is 258 g/mol. The maximum atomic E-state index is 11.7. The summed E-state index contributed by atoms with van der Waals surface area (Å²) >= 11 is 5.95. The van der Waals surface area contributed by atoms with Crippen molar-refractivity contribution in [2.24, 2.45) is 0 Å². The van der Waals surface area contributed by atoms with Crippen LogP contribution in [0.2, 0.25) is 5.02 Å². The van der Waals surface area contributed by atoms with Crippen LogP contribution < -0.4 is 10.9 Å². The molecule has 1 heterocycles. The largest absolute Gasteiger partial charge is 0.380 e. The minimum absolute atomic E-state index is 0.0293. The molecule has 0 aromatic carbocycles. The summed E-state index contributed by atoms with van der Waals surface area (Å²) in [5, 5.41) is 7.12. The SMILES string of the molecule is C=CCn1ncc(NCC(C)OC)c(Cl)c1=O. The van der Waals surface area contributed by atoms with Crippen LogP contribution in [0, 0.1) is 0 Å². The molecule has 0 spiro atoms. The van der Waals surface area contributed by atoms with Crippen molar-refractivity contribution in [2.45, 2.75) is 19.6 Å². The molecule has 0 fully saturated rings. The zero-order valence-corrected chi connectivity index (χ0v) is 10.7. The van der Waals surface area contributed by atoms with Gasteiger partial charge < -0.3 is 10.1 Å². The quantitative estimate of drug-likeness (QED) is 0.786. The van der Waals surface area contributed by atoms with E-state index in [9.17, 15) is 4.79 Å². The Kier molecular flexibility index (Phi) is 5.18. The predicted octanol–water partition coefficient (Wildman–Crippen LogP) is 1.53. The Morgan fingerprint density at radius 1 is 1.76 bits per heavy atom. The molecule has 0 aliphatic heterocycles. The molecule has 5 nitrogen and oxygen atoms in total. The third kappa shape index (κ3) is 3.57. The lowest BCUT2D eigenvalue weighted by atomic mass is 10.3. The third-order valence-corrected chi connectivity index (χ3v) is 2.63. The number of allylic oxidation sites excluding steroid dienone is 1. The summed E-state index contributed by atoms with van der Waals surface area (Å²) in [6, 6.07) is 0. The zero-order valence-electron chi connectivity index (χ0n) is 9.94. The minimum atomic E-state index is -0.332. The predicted molar refractivity (Wildman–Crippen MR) is 68.7 cm³/mol. The van der Waals surface area contributed by atoms with E-state index in [4.69, 9.17) is 16.3 Å². The highest BCUT2D eigenvalue weighted by Crippen LogP contribution is 2.15. The molecule has 1 N–H and O–H groups in total. The van der Waals surface area contributed by atoms with E-state index in [0.29, 0.717) is 18.8 Å². The van der Waals surface area contributed by atoms with Gasteiger partial charge >= 0.3 is 0 Å². The Balaban J connectivity index is 2.85. The van der Waals surface area contributed by atoms with Crippen LogP contribution >= 0.6 is 11.6 Å². The van der Waals surface area contributed by atoms with Crippen molar-refractivity contribution >= 4 is 17.3 Å². The van der Waals surface area contributed by atoms with Gasteiger partial charge in [0.2, 0.25) is 0 Å². The van der Waals surface area contributed by atoms with Crippen molar-refractivity contribution in [3.8, 4) is 0 Å². The van der Waals surface area contributed by atoms with E-state index in [1.165, 1.54) is 10.9 Å². The van der Waals surface area contributed by atoms with E-state index in [1.807, 2.05) is 6.92 Å². The number of halogens is 1. The molecule has 17 heavy (non-hydrogen) atoms. The molecule has 1 aromatic heterocycles. The Morgan fingerprint density at radius 3 is 3.06 bits per heavy atom. The molecule has 0 saturated heterocycles. The Hall–Kier alpha value is -1.33. The van der Waals surface area contributed by atoms with Crippen LogP contribution in [0.3, 0.4) is 0 Å². The molecule has 0 bridgehead atoms. The zero-order chi connectivity index (χ0) is 12.8. The van der Waals surface area contributed by atoms with Gasteiger partial charge in [0.15, 0.2) is 0 Å². The van der Waals surface area contributed by atoms with Crippen LogP contribution in [0.1, 0.15) is 6.92 Å². The van der Waals surface area contributed by atoms with Crippen molar-refractivity contribution in [1.82, 2.24) is 9.78 Å². The Bertz CT molecular complexity index is 445. The summed E-state index contributed by atoms with van der Waals surface area (Å²) in [6.07, 6.45) is 3.14. The molecular formula is C11H16ClN3O2. The first-order chi connectivity index (χ1) is 8.10. The Labute approximate surface area is 105 Å². The molecule has 94 valence electrons. The van der Waals surface area contributed by atoms with E-state index in [2.05, 4.69) is 17.0 Å². The van der Waals surface area contributed by atoms with Gasteiger partial charge in [-0.25, -0.2) is 4.68 Å². The number of hydrogen-bond donors (Lipinski definition) is 1. The fourth-order valence-corrected chi connectivity index (χ4v) is 1.39. The van der Waals surface area contributed by atoms with Gasteiger partial charge in [0.25, 0.3) is 5.56 Å². The van der Waals surface area contributed by atoms with Crippen LogP contribution in [-0.2, 0) is 11.3 Å². The van der Waals surface area contributed by atoms with E-state index in [0.717, 1.165) is 0 Å². The number of methoxy groups -OCH3 is 1. The summed E-state index contributed by atoms with van der Waals surface area (Å²) in [4.78, 5) is 11.7. The number of aromatic nitrogens is 2. The van der Waals surface area contributed by atoms with Crippen molar-refractivity contribution in [2.75, 3.05) is 19.0 Å². The summed E-state index contributed by atoms with van der Waals surface area (Å²) < 4.78 is 6.33. The Morgan fingerprint density at radius 2 is 2.47 bits per heavy atom. The normalized spacial score (nSPS) is 12.2. The number of ether oxygens (including phenoxy) is 1. The fraction of sp³-hybridized carbons (Fsp3) is 0.455. The third-order valence-electron chi connectivity index (χ3n) is 2.27. The molecule has 6 heteroatoms. The van der Waals surface area contributed by atoms with Crippen molar-refractivity contribution in [3.05, 3.63) is 34.2 Å². The van der Waals surface area contributed by atoms with Crippen LogP contribution in [0.4, 0.5) is 5.69 Å². The molecular weight excluding hydrogens is 242 g/mol. The van der Waals surface area contributed by atoms with Crippen LogP contribution in [0.15, 0.2) is 23.6 Å². The van der Waals surface area contributed by atoms with Gasteiger partial charge in [-0.2, -0.15) is 5.10 Å². The van der Waals surface area contributed by atoms with Gasteiger partial charge in [-0.1, -0.05) is 17.7 Å². The van der Waals surface area contributed by atoms with E-state index in [-0.39, 0.29) is 16.7 Å². The molecule has 1 rings (SSSR count). The second-order valence-corrected chi connectivity index (χ2v) is 3.95. The van der Waals surface area contributed by atoms with E-state index in [1.54, 1.807) is 13.2 Å². The first-order valence-corrected chi connectivity index (χ1v) is 5.61. The first kappa shape index (κ1) is 13.7. The monoisotopic (exact) mass is 257 g/mol. The maximum absolute atomic E-state index is 11.7. The molecule has 0 radical (unpaired) electrons. The number of rotatable bonds is 6. The summed E-state index contributed by atoms with van der Waals surface area (Å²) in [7, 11) is 1.62. The minimum Gasteiger partial charge on any atom is -0.380 e. The standard InChI is InChI=1S/C11H16ClN3O2/c1-4-5-15-11(16)10(12)9(7-14-15)13-6-8(2)17-3/h4,7-8,13H,1,5-6H2,2-3H3. The highest BCUT2D eigenvalue weighted by atomic mass is 35.5. The fourth-order valence-electron chi connectivity index (χ4n) is 1.18. The summed E-state index contributed by atoms with van der Waals surface area (Å²) in [5.41, 5.74) is 0.183. The highest BCUT2D eigenvalue weighted by Gasteiger charge is 2.09. The molecule has 0 saturated carbocycles. The second-order valence-electron chi connectivity index (χ2n) is 3.58. The molecule has 0 amide bonds. The van der Waals surface area contributed by atoms with Crippen molar-refractivity contribution in [3.63, 3.8) is 0 Å². The smallest absolute Gasteiger partial charge is 0.287 e. The van der Waals surface area contributed by atoms with Crippen LogP contribution in [-0.4, -0.2) is 29.5 Å². The van der Waals surface area contributed by atoms with Gasteiger partial charge in [0.05, 0.1) is 24.5 Å². The molecule has 1 atom stereocenters. The molecule has 0 aliphatic rings. The lowest BCUT2D eigenvalue weighted by Crippen LogP contribution is -2.25. The molecule has 0 aliphatic carbocycles. The van der Waals surface area contributed by atoms with E-state index >= 15 is 0 Å². The van der Waals surface area contributed by atoms with E-state index < -0.39 is 0 Å². The topological polar surface area (TPSA) is 56.1 Å². The maximum Gasteiger partial charge on any atom is 0.287 e. The second kappa shape index (κ2) is 6.42. The molecule has 1 unspecified atom stereocenters. The number of nitrogens with one attached hydrogen (secondary N) is 1.